The van der Waals surface area contributed by atoms with E-state index in [1.54, 1.807) is 6.21 Å². The van der Waals surface area contributed by atoms with Gasteiger partial charge in [-0.25, -0.2) is 5.43 Å². The Morgan fingerprint density at radius 2 is 1.82 bits per heavy atom. The van der Waals surface area contributed by atoms with Crippen LogP contribution in [-0.4, -0.2) is 32.6 Å². The Kier molecular flexibility index (Phi) is 10.5. The monoisotopic (exact) mass is 664 g/mol. The molecule has 0 aliphatic carbocycles. The van der Waals surface area contributed by atoms with Crippen LogP contribution in [0.4, 0.5) is 5.69 Å². The van der Waals surface area contributed by atoms with Crippen LogP contribution in [-0.2, 0) is 11.3 Å². The second-order valence-corrected chi connectivity index (χ2v) is 11.9. The zero-order chi connectivity index (χ0) is 28.5. The van der Waals surface area contributed by atoms with Crippen LogP contribution in [0.2, 0.25) is 0 Å². The van der Waals surface area contributed by atoms with Crippen LogP contribution in [0.15, 0.2) is 88.6 Å². The number of hydrogen-bond acceptors (Lipinski definition) is 6. The standard InChI is InChI=1S/C31H33IN6OS/c1-21(2)25-12-10-24(11-13-25)16-22(3)18-34-36-30(39)20-40-31-37-35-29(38(31)27-8-6-5-7-9-27)19-33-28-15-14-26(32)17-23(28)4/h5-18,21,33H,19-20H2,1-4H3,(H,36,39). The van der Waals surface area contributed by atoms with Crippen LogP contribution in [0.3, 0.4) is 0 Å². The zero-order valence-corrected chi connectivity index (χ0v) is 26.0. The molecule has 40 heavy (non-hydrogen) atoms. The predicted molar refractivity (Wildman–Crippen MR) is 174 cm³/mol. The molecule has 0 saturated carbocycles. The minimum absolute atomic E-state index is 0.158. The zero-order valence-electron chi connectivity index (χ0n) is 23.1. The van der Waals surface area contributed by atoms with Crippen molar-refractivity contribution in [2.75, 3.05) is 11.1 Å². The number of hydrazone groups is 1. The first-order valence-corrected chi connectivity index (χ1v) is 15.1. The van der Waals surface area contributed by atoms with Gasteiger partial charge in [0.25, 0.3) is 5.91 Å². The average molecular weight is 665 g/mol. The molecule has 206 valence electrons. The summed E-state index contributed by atoms with van der Waals surface area (Å²) in [6.45, 7) is 8.88. The second kappa shape index (κ2) is 14.3. The molecule has 4 aromatic rings. The number of amides is 1. The van der Waals surface area contributed by atoms with Gasteiger partial charge in [0, 0.05) is 14.9 Å². The van der Waals surface area contributed by atoms with Gasteiger partial charge in [0.2, 0.25) is 0 Å². The number of thioether (sulfide) groups is 1. The van der Waals surface area contributed by atoms with Gasteiger partial charge in [0.05, 0.1) is 18.5 Å². The lowest BCUT2D eigenvalue weighted by Gasteiger charge is -2.12. The molecule has 0 fully saturated rings. The van der Waals surface area contributed by atoms with Gasteiger partial charge in [-0.05, 0) is 95.0 Å². The lowest BCUT2D eigenvalue weighted by Crippen LogP contribution is -2.20. The van der Waals surface area contributed by atoms with Crippen molar-refractivity contribution in [1.29, 1.82) is 0 Å². The Hall–Kier alpha value is -3.44. The number of rotatable bonds is 11. The number of aryl methyl sites for hydroxylation is 1. The Morgan fingerprint density at radius 3 is 2.52 bits per heavy atom. The van der Waals surface area contributed by atoms with E-state index in [1.807, 2.05) is 47.9 Å². The maximum absolute atomic E-state index is 12.6. The summed E-state index contributed by atoms with van der Waals surface area (Å²) < 4.78 is 3.17. The van der Waals surface area contributed by atoms with Crippen LogP contribution in [0.25, 0.3) is 11.8 Å². The third-order valence-electron chi connectivity index (χ3n) is 6.13. The molecule has 0 spiro atoms. The van der Waals surface area contributed by atoms with Crippen molar-refractivity contribution >= 4 is 58.2 Å². The molecule has 0 unspecified atom stereocenters. The van der Waals surface area contributed by atoms with Gasteiger partial charge in [0.1, 0.15) is 0 Å². The fraction of sp³-hybridized carbons (Fsp3) is 0.226. The second-order valence-electron chi connectivity index (χ2n) is 9.67. The number of anilines is 1. The van der Waals surface area contributed by atoms with Gasteiger partial charge >= 0.3 is 0 Å². The highest BCUT2D eigenvalue weighted by atomic mass is 127. The van der Waals surface area contributed by atoms with E-state index in [2.05, 4.69) is 112 Å². The third-order valence-corrected chi connectivity index (χ3v) is 7.73. The molecule has 9 heteroatoms. The highest BCUT2D eigenvalue weighted by Gasteiger charge is 2.16. The largest absolute Gasteiger partial charge is 0.378 e. The molecular weight excluding hydrogens is 631 g/mol. The lowest BCUT2D eigenvalue weighted by atomic mass is 10.0. The third kappa shape index (κ3) is 8.28. The number of benzene rings is 3. The molecule has 0 aliphatic heterocycles. The van der Waals surface area contributed by atoms with E-state index >= 15 is 0 Å². The Balaban J connectivity index is 1.38. The first-order valence-electron chi connectivity index (χ1n) is 13.0. The van der Waals surface area contributed by atoms with Gasteiger partial charge < -0.3 is 5.32 Å². The normalized spacial score (nSPS) is 11.8. The SMILES string of the molecule is CC(C=NNC(=O)CSc1nnc(CNc2ccc(I)cc2C)n1-c1ccccc1)=Cc1ccc(C(C)C)cc1. The molecule has 2 N–H and O–H groups in total. The Labute approximate surface area is 253 Å². The Morgan fingerprint density at radius 1 is 1.07 bits per heavy atom. The summed E-state index contributed by atoms with van der Waals surface area (Å²) in [6, 6.07) is 24.7. The molecule has 1 amide bonds. The molecule has 0 bridgehead atoms. The summed E-state index contributed by atoms with van der Waals surface area (Å²) in [4.78, 5) is 12.6. The summed E-state index contributed by atoms with van der Waals surface area (Å²) >= 11 is 3.63. The fourth-order valence-electron chi connectivity index (χ4n) is 3.99. The van der Waals surface area contributed by atoms with E-state index in [4.69, 9.17) is 0 Å². The van der Waals surface area contributed by atoms with Gasteiger partial charge in [-0.2, -0.15) is 5.10 Å². The van der Waals surface area contributed by atoms with Crippen molar-refractivity contribution in [3.63, 3.8) is 0 Å². The molecule has 0 saturated heterocycles. The maximum atomic E-state index is 12.6. The first kappa shape index (κ1) is 29.5. The van der Waals surface area contributed by atoms with E-state index < -0.39 is 0 Å². The van der Waals surface area contributed by atoms with Crippen LogP contribution in [0, 0.1) is 10.5 Å². The van der Waals surface area contributed by atoms with E-state index in [0.717, 1.165) is 28.3 Å². The molecule has 7 nitrogen and oxygen atoms in total. The van der Waals surface area contributed by atoms with Crippen molar-refractivity contribution in [1.82, 2.24) is 20.2 Å². The highest BCUT2D eigenvalue weighted by molar-refractivity contribution is 14.1. The smallest absolute Gasteiger partial charge is 0.250 e. The summed E-state index contributed by atoms with van der Waals surface area (Å²) in [5.74, 6) is 1.20. The number of carbonyl (C=O) groups is 1. The summed E-state index contributed by atoms with van der Waals surface area (Å²) in [7, 11) is 0. The molecule has 3 aromatic carbocycles. The molecule has 0 atom stereocenters. The predicted octanol–water partition coefficient (Wildman–Crippen LogP) is 7.21. The highest BCUT2D eigenvalue weighted by Crippen LogP contribution is 2.24. The van der Waals surface area contributed by atoms with Gasteiger partial charge in [-0.15, -0.1) is 10.2 Å². The lowest BCUT2D eigenvalue weighted by molar-refractivity contribution is -0.118. The summed E-state index contributed by atoms with van der Waals surface area (Å²) in [5.41, 5.74) is 9.11. The van der Waals surface area contributed by atoms with Crippen molar-refractivity contribution in [3.05, 3.63) is 104 Å². The Bertz CT molecular complexity index is 1500. The number of halogens is 1. The minimum atomic E-state index is -0.216. The molecule has 1 aromatic heterocycles. The van der Waals surface area contributed by atoms with E-state index in [9.17, 15) is 4.79 Å². The van der Waals surface area contributed by atoms with E-state index in [0.29, 0.717) is 17.6 Å². The molecule has 4 rings (SSSR count). The molecule has 1 heterocycles. The van der Waals surface area contributed by atoms with E-state index in [1.165, 1.54) is 26.5 Å². The average Bonchev–Trinajstić information content (AvgIpc) is 3.35. The van der Waals surface area contributed by atoms with Crippen molar-refractivity contribution < 1.29 is 4.79 Å². The van der Waals surface area contributed by atoms with Crippen LogP contribution >= 0.6 is 34.4 Å². The molecular formula is C31H33IN6OS. The van der Waals surface area contributed by atoms with Crippen LogP contribution in [0.5, 0.6) is 0 Å². The number of carbonyl (C=O) groups excluding carboxylic acids is 1. The quantitative estimate of drug-likeness (QED) is 0.0767. The first-order chi connectivity index (χ1) is 19.3. The fourth-order valence-corrected chi connectivity index (χ4v) is 5.40. The van der Waals surface area contributed by atoms with Crippen LogP contribution < -0.4 is 10.7 Å². The van der Waals surface area contributed by atoms with Crippen molar-refractivity contribution in [2.24, 2.45) is 5.10 Å². The number of allylic oxidation sites excluding steroid dienone is 1. The van der Waals surface area contributed by atoms with Crippen molar-refractivity contribution in [3.8, 4) is 5.69 Å². The number of nitrogens with zero attached hydrogens (tertiary/aromatic N) is 4. The number of para-hydroxylation sites is 1. The van der Waals surface area contributed by atoms with Gasteiger partial charge in [-0.3, -0.25) is 9.36 Å². The maximum Gasteiger partial charge on any atom is 0.250 e. The number of nitrogens with one attached hydrogen (secondary N) is 2. The minimum Gasteiger partial charge on any atom is -0.378 e. The van der Waals surface area contributed by atoms with Crippen molar-refractivity contribution in [2.45, 2.75) is 45.3 Å². The molecule has 0 radical (unpaired) electrons. The summed E-state index contributed by atoms with van der Waals surface area (Å²) in [5, 5.41) is 17.1. The number of aromatic nitrogens is 3. The molecule has 0 aliphatic rings. The summed E-state index contributed by atoms with van der Waals surface area (Å²) in [6.07, 6.45) is 3.69. The topological polar surface area (TPSA) is 84.2 Å². The van der Waals surface area contributed by atoms with Gasteiger partial charge in [-0.1, -0.05) is 74.1 Å². The van der Waals surface area contributed by atoms with E-state index in [-0.39, 0.29) is 11.7 Å². The van der Waals surface area contributed by atoms with Gasteiger partial charge in [0.15, 0.2) is 11.0 Å². The van der Waals surface area contributed by atoms with Crippen LogP contribution in [0.1, 0.15) is 49.2 Å². The number of hydrogen-bond donors (Lipinski definition) is 2.